The van der Waals surface area contributed by atoms with Crippen LogP contribution in [0, 0.1) is 5.92 Å². The van der Waals surface area contributed by atoms with Crippen molar-refractivity contribution in [2.45, 2.75) is 39.0 Å². The molecule has 0 aromatic carbocycles. The van der Waals surface area contributed by atoms with E-state index in [4.69, 9.17) is 9.84 Å². The lowest BCUT2D eigenvalue weighted by Crippen LogP contribution is -2.33. The molecule has 0 bridgehead atoms. The van der Waals surface area contributed by atoms with Crippen molar-refractivity contribution in [3.63, 3.8) is 0 Å². The van der Waals surface area contributed by atoms with Gasteiger partial charge in [0, 0.05) is 6.61 Å². The maximum absolute atomic E-state index is 10.2. The number of rotatable bonds is 8. The molecule has 1 rings (SSSR count). The monoisotopic (exact) mass is 243 g/mol. The molecule has 0 atom stereocenters. The molecular weight excluding hydrogens is 218 g/mol. The van der Waals surface area contributed by atoms with Crippen LogP contribution in [0.3, 0.4) is 0 Å². The zero-order chi connectivity index (χ0) is 12.5. The van der Waals surface area contributed by atoms with Gasteiger partial charge in [0.25, 0.3) is 0 Å². The summed E-state index contributed by atoms with van der Waals surface area (Å²) in [6, 6.07) is 0. The number of unbranched alkanes of at least 4 members (excludes halogenated alkanes) is 2. The molecule has 4 heteroatoms. The SMILES string of the molecule is CC1CCN(CCCCCOCC(=O)O)CC1. The van der Waals surface area contributed by atoms with E-state index < -0.39 is 5.97 Å². The Morgan fingerprint density at radius 3 is 2.65 bits per heavy atom. The van der Waals surface area contributed by atoms with E-state index in [1.54, 1.807) is 0 Å². The van der Waals surface area contributed by atoms with Gasteiger partial charge < -0.3 is 14.7 Å². The topological polar surface area (TPSA) is 49.8 Å². The summed E-state index contributed by atoms with van der Waals surface area (Å²) in [5.74, 6) is 0.0168. The summed E-state index contributed by atoms with van der Waals surface area (Å²) in [4.78, 5) is 12.7. The number of hydrogen-bond acceptors (Lipinski definition) is 3. The first-order chi connectivity index (χ1) is 8.18. The predicted molar refractivity (Wildman–Crippen MR) is 67.1 cm³/mol. The molecule has 0 saturated carbocycles. The Labute approximate surface area is 104 Å². The van der Waals surface area contributed by atoms with Gasteiger partial charge in [0.05, 0.1) is 0 Å². The second-order valence-electron chi connectivity index (χ2n) is 5.03. The highest BCUT2D eigenvalue weighted by molar-refractivity contribution is 5.67. The Hall–Kier alpha value is -0.610. The Morgan fingerprint density at radius 2 is 2.00 bits per heavy atom. The number of carboxylic acid groups (broad SMARTS) is 1. The van der Waals surface area contributed by atoms with Crippen LogP contribution < -0.4 is 0 Å². The van der Waals surface area contributed by atoms with Crippen LogP contribution in [0.15, 0.2) is 0 Å². The molecule has 1 aliphatic heterocycles. The minimum absolute atomic E-state index is 0.163. The summed E-state index contributed by atoms with van der Waals surface area (Å²) in [5, 5.41) is 8.38. The molecule has 100 valence electrons. The third-order valence-electron chi connectivity index (χ3n) is 3.36. The number of aliphatic carboxylic acids is 1. The molecule has 1 fully saturated rings. The quantitative estimate of drug-likeness (QED) is 0.662. The minimum Gasteiger partial charge on any atom is -0.480 e. The van der Waals surface area contributed by atoms with Crippen LogP contribution in [-0.2, 0) is 9.53 Å². The van der Waals surface area contributed by atoms with E-state index in [0.29, 0.717) is 6.61 Å². The molecular formula is C13H25NO3. The number of likely N-dealkylation sites (tertiary alicyclic amines) is 1. The van der Waals surface area contributed by atoms with Crippen molar-refractivity contribution in [1.29, 1.82) is 0 Å². The molecule has 0 unspecified atom stereocenters. The molecule has 0 amide bonds. The number of hydrogen-bond donors (Lipinski definition) is 1. The van der Waals surface area contributed by atoms with E-state index >= 15 is 0 Å². The van der Waals surface area contributed by atoms with Crippen molar-refractivity contribution in [1.82, 2.24) is 4.90 Å². The zero-order valence-corrected chi connectivity index (χ0v) is 10.9. The van der Waals surface area contributed by atoms with Gasteiger partial charge in [-0.25, -0.2) is 4.79 Å². The maximum Gasteiger partial charge on any atom is 0.329 e. The van der Waals surface area contributed by atoms with Gasteiger partial charge in [-0.2, -0.15) is 0 Å². The van der Waals surface area contributed by atoms with Gasteiger partial charge in [0.15, 0.2) is 0 Å². The molecule has 17 heavy (non-hydrogen) atoms. The molecule has 1 heterocycles. The highest BCUT2D eigenvalue weighted by Crippen LogP contribution is 2.16. The van der Waals surface area contributed by atoms with Gasteiger partial charge in [0.1, 0.15) is 6.61 Å². The lowest BCUT2D eigenvalue weighted by atomic mass is 9.99. The third kappa shape index (κ3) is 7.34. The first-order valence-corrected chi connectivity index (χ1v) is 6.70. The average Bonchev–Trinajstić information content (AvgIpc) is 2.30. The number of carbonyl (C=O) groups is 1. The van der Waals surface area contributed by atoms with Crippen LogP contribution in [0.25, 0.3) is 0 Å². The van der Waals surface area contributed by atoms with E-state index in [-0.39, 0.29) is 6.61 Å². The fourth-order valence-corrected chi connectivity index (χ4v) is 2.16. The number of ether oxygens (including phenoxy) is 1. The van der Waals surface area contributed by atoms with E-state index in [2.05, 4.69) is 11.8 Å². The highest BCUT2D eigenvalue weighted by Gasteiger charge is 2.14. The van der Waals surface area contributed by atoms with Crippen LogP contribution in [-0.4, -0.2) is 48.8 Å². The second-order valence-corrected chi connectivity index (χ2v) is 5.03. The third-order valence-corrected chi connectivity index (χ3v) is 3.36. The second kappa shape index (κ2) is 8.48. The molecule has 0 aromatic heterocycles. The lowest BCUT2D eigenvalue weighted by molar-refractivity contribution is -0.142. The summed E-state index contributed by atoms with van der Waals surface area (Å²) < 4.78 is 4.99. The summed E-state index contributed by atoms with van der Waals surface area (Å²) in [6.07, 6.45) is 5.97. The number of piperidine rings is 1. The van der Waals surface area contributed by atoms with Gasteiger partial charge in [-0.3, -0.25) is 0 Å². The number of nitrogens with zero attached hydrogens (tertiary/aromatic N) is 1. The Balaban J connectivity index is 1.85. The summed E-state index contributed by atoms with van der Waals surface area (Å²) in [7, 11) is 0. The normalized spacial score (nSPS) is 18.4. The minimum atomic E-state index is -0.882. The van der Waals surface area contributed by atoms with Crippen LogP contribution >= 0.6 is 0 Å². The van der Waals surface area contributed by atoms with Crippen LogP contribution in [0.5, 0.6) is 0 Å². The van der Waals surface area contributed by atoms with Crippen LogP contribution in [0.1, 0.15) is 39.0 Å². The average molecular weight is 243 g/mol. The summed E-state index contributed by atoms with van der Waals surface area (Å²) in [5.41, 5.74) is 0. The van der Waals surface area contributed by atoms with E-state index in [9.17, 15) is 4.79 Å². The lowest BCUT2D eigenvalue weighted by Gasteiger charge is -2.30. The van der Waals surface area contributed by atoms with Gasteiger partial charge in [-0.1, -0.05) is 6.92 Å². The molecule has 1 N–H and O–H groups in total. The van der Waals surface area contributed by atoms with Crippen molar-refractivity contribution in [2.24, 2.45) is 5.92 Å². The molecule has 0 spiro atoms. The summed E-state index contributed by atoms with van der Waals surface area (Å²) >= 11 is 0. The van der Waals surface area contributed by atoms with E-state index in [0.717, 1.165) is 18.8 Å². The van der Waals surface area contributed by atoms with Gasteiger partial charge >= 0.3 is 5.97 Å². The fraction of sp³-hybridized carbons (Fsp3) is 0.923. The largest absolute Gasteiger partial charge is 0.480 e. The Morgan fingerprint density at radius 1 is 1.29 bits per heavy atom. The van der Waals surface area contributed by atoms with Gasteiger partial charge in [-0.15, -0.1) is 0 Å². The molecule has 0 radical (unpaired) electrons. The van der Waals surface area contributed by atoms with E-state index in [1.807, 2.05) is 0 Å². The van der Waals surface area contributed by atoms with Crippen molar-refractivity contribution in [3.05, 3.63) is 0 Å². The van der Waals surface area contributed by atoms with Gasteiger partial charge in [-0.05, 0) is 57.7 Å². The first kappa shape index (κ1) is 14.5. The zero-order valence-electron chi connectivity index (χ0n) is 10.9. The molecule has 1 saturated heterocycles. The van der Waals surface area contributed by atoms with Crippen LogP contribution in [0.4, 0.5) is 0 Å². The smallest absolute Gasteiger partial charge is 0.329 e. The molecule has 4 nitrogen and oxygen atoms in total. The van der Waals surface area contributed by atoms with E-state index in [1.165, 1.54) is 38.9 Å². The van der Waals surface area contributed by atoms with Crippen molar-refractivity contribution >= 4 is 5.97 Å². The van der Waals surface area contributed by atoms with Crippen LogP contribution in [0.2, 0.25) is 0 Å². The Bertz CT molecular complexity index is 213. The summed E-state index contributed by atoms with van der Waals surface area (Å²) in [6.45, 7) is 6.42. The van der Waals surface area contributed by atoms with Crippen molar-refractivity contribution in [2.75, 3.05) is 32.8 Å². The fourth-order valence-electron chi connectivity index (χ4n) is 2.16. The van der Waals surface area contributed by atoms with Gasteiger partial charge in [0.2, 0.25) is 0 Å². The first-order valence-electron chi connectivity index (χ1n) is 6.70. The Kier molecular flexibility index (Phi) is 7.21. The molecule has 0 aliphatic carbocycles. The highest BCUT2D eigenvalue weighted by atomic mass is 16.5. The molecule has 0 aromatic rings. The van der Waals surface area contributed by atoms with Crippen molar-refractivity contribution < 1.29 is 14.6 Å². The predicted octanol–water partition coefficient (Wildman–Crippen LogP) is 1.99. The van der Waals surface area contributed by atoms with Crippen molar-refractivity contribution in [3.8, 4) is 0 Å². The number of carboxylic acids is 1. The molecule has 1 aliphatic rings. The maximum atomic E-state index is 10.2. The standard InChI is InChI=1S/C13H25NO3/c1-12-5-8-14(9-6-12)7-3-2-4-10-17-11-13(15)16/h12H,2-11H2,1H3,(H,15,16).